The Labute approximate surface area is 105 Å². The fourth-order valence-corrected chi connectivity index (χ4v) is 8.58. The van der Waals surface area contributed by atoms with Gasteiger partial charge in [0.25, 0.3) is 0 Å². The fraction of sp³-hybridized carbons (Fsp3) is 0.600. The summed E-state index contributed by atoms with van der Waals surface area (Å²) < 4.78 is 0. The summed E-state index contributed by atoms with van der Waals surface area (Å²) in [5, 5.41) is 1.88. The van der Waals surface area contributed by atoms with E-state index in [1.807, 2.05) is 5.19 Å². The monoisotopic (exact) mass is 243 g/mol. The Morgan fingerprint density at radius 2 is 2.06 bits per heavy atom. The zero-order valence-electron chi connectivity index (χ0n) is 11.0. The van der Waals surface area contributed by atoms with Gasteiger partial charge in [0.15, 0.2) is 0 Å². The van der Waals surface area contributed by atoms with Crippen LogP contribution in [0.15, 0.2) is 6.07 Å². The molecule has 4 rings (SSSR count). The van der Waals surface area contributed by atoms with E-state index in [9.17, 15) is 0 Å². The fourth-order valence-electron chi connectivity index (χ4n) is 4.39. The van der Waals surface area contributed by atoms with Crippen molar-refractivity contribution in [2.24, 2.45) is 0 Å². The number of anilines is 1. The Morgan fingerprint density at radius 3 is 2.94 bits per heavy atom. The van der Waals surface area contributed by atoms with E-state index in [-0.39, 0.29) is 0 Å². The van der Waals surface area contributed by atoms with Gasteiger partial charge in [0.1, 0.15) is 0 Å². The maximum Gasteiger partial charge on any atom is 0.0888 e. The average molecular weight is 243 g/mol. The molecule has 3 heterocycles. The second kappa shape index (κ2) is 3.17. The predicted molar refractivity (Wildman–Crippen MR) is 76.3 cm³/mol. The lowest BCUT2D eigenvalue weighted by atomic mass is 9.94. The number of nitrogens with zero attached hydrogens (tertiary/aromatic N) is 1. The van der Waals surface area contributed by atoms with Crippen molar-refractivity contribution in [1.29, 1.82) is 0 Å². The molecule has 3 aliphatic heterocycles. The largest absolute Gasteiger partial charge is 0.372 e. The van der Waals surface area contributed by atoms with Crippen molar-refractivity contribution in [3.63, 3.8) is 0 Å². The first-order chi connectivity index (χ1) is 8.19. The van der Waals surface area contributed by atoms with E-state index in [1.165, 1.54) is 44.4 Å². The SMILES string of the molecule is Cc1cc2c3c4c1CCCN4CC[Si]3(C)CC2. The smallest absolute Gasteiger partial charge is 0.0888 e. The van der Waals surface area contributed by atoms with Crippen LogP contribution in [0.2, 0.25) is 18.6 Å². The van der Waals surface area contributed by atoms with Crippen molar-refractivity contribution in [2.75, 3.05) is 18.0 Å². The first-order valence-electron chi connectivity index (χ1n) is 7.10. The quantitative estimate of drug-likeness (QED) is 0.633. The van der Waals surface area contributed by atoms with Gasteiger partial charge in [-0.05, 0) is 60.2 Å². The molecule has 0 fully saturated rings. The second-order valence-electron chi connectivity index (χ2n) is 6.46. The van der Waals surface area contributed by atoms with Gasteiger partial charge in [-0.25, -0.2) is 0 Å². The third-order valence-electron chi connectivity index (χ3n) is 5.36. The lowest BCUT2D eigenvalue weighted by molar-refractivity contribution is 0.699. The van der Waals surface area contributed by atoms with Gasteiger partial charge in [-0.1, -0.05) is 12.6 Å². The Kier molecular flexibility index (Phi) is 1.90. The molecule has 0 N–H and O–H groups in total. The summed E-state index contributed by atoms with van der Waals surface area (Å²) in [5.41, 5.74) is 6.73. The third-order valence-corrected chi connectivity index (χ3v) is 9.81. The molecule has 2 heteroatoms. The highest BCUT2D eigenvalue weighted by Gasteiger charge is 2.44. The number of hydrogen-bond donors (Lipinski definition) is 0. The highest BCUT2D eigenvalue weighted by Crippen LogP contribution is 2.41. The molecule has 0 saturated carbocycles. The van der Waals surface area contributed by atoms with Crippen LogP contribution in [0.3, 0.4) is 0 Å². The number of rotatable bonds is 0. The lowest BCUT2D eigenvalue weighted by Gasteiger charge is -2.43. The van der Waals surface area contributed by atoms with Crippen molar-refractivity contribution in [3.05, 3.63) is 22.8 Å². The normalized spacial score (nSPS) is 29.4. The van der Waals surface area contributed by atoms with E-state index in [0.717, 1.165) is 0 Å². The Hall–Kier alpha value is -0.763. The molecule has 1 unspecified atom stereocenters. The molecule has 90 valence electrons. The zero-order chi connectivity index (χ0) is 11.6. The molecular formula is C15H21NSi. The minimum absolute atomic E-state index is 1.06. The summed E-state index contributed by atoms with van der Waals surface area (Å²) in [5.74, 6) is 0. The molecule has 1 nitrogen and oxygen atoms in total. The number of benzene rings is 1. The molecule has 0 amide bonds. The number of hydrogen-bond acceptors (Lipinski definition) is 1. The molecule has 1 aromatic rings. The highest BCUT2D eigenvalue weighted by molar-refractivity contribution is 6.93. The van der Waals surface area contributed by atoms with Crippen LogP contribution < -0.4 is 10.1 Å². The van der Waals surface area contributed by atoms with Crippen LogP contribution in [-0.4, -0.2) is 21.2 Å². The van der Waals surface area contributed by atoms with Gasteiger partial charge >= 0.3 is 0 Å². The molecule has 1 atom stereocenters. The molecule has 0 spiro atoms. The summed E-state index contributed by atoms with van der Waals surface area (Å²) in [6, 6.07) is 5.56. The molecule has 17 heavy (non-hydrogen) atoms. The van der Waals surface area contributed by atoms with E-state index in [4.69, 9.17) is 0 Å². The van der Waals surface area contributed by atoms with Gasteiger partial charge in [0, 0.05) is 18.8 Å². The third kappa shape index (κ3) is 1.20. The first kappa shape index (κ1) is 10.2. The van der Waals surface area contributed by atoms with Crippen molar-refractivity contribution in [3.8, 4) is 0 Å². The second-order valence-corrected chi connectivity index (χ2v) is 11.1. The topological polar surface area (TPSA) is 3.24 Å². The Bertz CT molecular complexity index is 508. The van der Waals surface area contributed by atoms with E-state index in [2.05, 4.69) is 24.4 Å². The van der Waals surface area contributed by atoms with Gasteiger partial charge in [0.2, 0.25) is 0 Å². The van der Waals surface area contributed by atoms with Crippen molar-refractivity contribution in [2.45, 2.75) is 44.8 Å². The van der Waals surface area contributed by atoms with Gasteiger partial charge in [0.05, 0.1) is 8.07 Å². The van der Waals surface area contributed by atoms with Crippen LogP contribution in [0.4, 0.5) is 5.69 Å². The van der Waals surface area contributed by atoms with E-state index < -0.39 is 8.07 Å². The summed E-state index contributed by atoms with van der Waals surface area (Å²) in [6.07, 6.45) is 4.07. The van der Waals surface area contributed by atoms with Gasteiger partial charge < -0.3 is 4.90 Å². The minimum Gasteiger partial charge on any atom is -0.372 e. The average Bonchev–Trinajstić information content (AvgIpc) is 2.67. The maximum absolute atomic E-state index is 2.71. The summed E-state index contributed by atoms with van der Waals surface area (Å²) in [4.78, 5) is 2.71. The molecule has 0 saturated heterocycles. The summed E-state index contributed by atoms with van der Waals surface area (Å²) >= 11 is 0. The van der Waals surface area contributed by atoms with Crippen LogP contribution in [0.25, 0.3) is 0 Å². The zero-order valence-corrected chi connectivity index (χ0v) is 12.0. The molecular weight excluding hydrogens is 222 g/mol. The summed E-state index contributed by atoms with van der Waals surface area (Å²) in [7, 11) is -1.06. The molecule has 0 aromatic heterocycles. The van der Waals surface area contributed by atoms with Crippen LogP contribution in [0.1, 0.15) is 23.1 Å². The standard InChI is InChI=1S/C15H21NSi/c1-11-10-12-5-8-17(2)9-7-16-6-3-4-13(11)14(16)15(12)17/h10H,3-9H2,1-2H3. The minimum atomic E-state index is -1.06. The van der Waals surface area contributed by atoms with Crippen LogP contribution in [0, 0.1) is 6.92 Å². The summed E-state index contributed by atoms with van der Waals surface area (Å²) in [6.45, 7) is 7.64. The van der Waals surface area contributed by atoms with Gasteiger partial charge in [-0.3, -0.25) is 0 Å². The van der Waals surface area contributed by atoms with E-state index >= 15 is 0 Å². The molecule has 0 aliphatic carbocycles. The highest BCUT2D eigenvalue weighted by atomic mass is 28.3. The molecule has 0 radical (unpaired) electrons. The van der Waals surface area contributed by atoms with Crippen molar-refractivity contribution < 1.29 is 0 Å². The van der Waals surface area contributed by atoms with Crippen LogP contribution >= 0.6 is 0 Å². The molecule has 1 aromatic carbocycles. The Morgan fingerprint density at radius 1 is 1.18 bits per heavy atom. The Balaban J connectivity index is 2.07. The van der Waals surface area contributed by atoms with Crippen LogP contribution in [-0.2, 0) is 12.8 Å². The van der Waals surface area contributed by atoms with Gasteiger partial charge in [-0.15, -0.1) is 0 Å². The van der Waals surface area contributed by atoms with E-state index in [1.54, 1.807) is 22.4 Å². The lowest BCUT2D eigenvalue weighted by Crippen LogP contribution is -2.53. The predicted octanol–water partition coefficient (Wildman–Crippen LogP) is 2.60. The van der Waals surface area contributed by atoms with E-state index in [0.29, 0.717) is 0 Å². The molecule has 3 aliphatic rings. The number of aryl methyl sites for hydroxylation is 2. The van der Waals surface area contributed by atoms with Crippen molar-refractivity contribution in [1.82, 2.24) is 0 Å². The van der Waals surface area contributed by atoms with Gasteiger partial charge in [-0.2, -0.15) is 0 Å². The molecule has 0 bridgehead atoms. The maximum atomic E-state index is 2.71. The van der Waals surface area contributed by atoms with Crippen molar-refractivity contribution >= 4 is 18.9 Å². The van der Waals surface area contributed by atoms with Crippen LogP contribution in [0.5, 0.6) is 0 Å². The first-order valence-corrected chi connectivity index (χ1v) is 10.0.